The SMILES string of the molecule is CCc1ccc(Cc2cnc(N)nc2N2CCCC(=O)C2)cc1. The van der Waals surface area contributed by atoms with Gasteiger partial charge in [0.05, 0.1) is 6.54 Å². The van der Waals surface area contributed by atoms with E-state index in [1.165, 1.54) is 11.1 Å². The number of hydrogen-bond donors (Lipinski definition) is 1. The summed E-state index contributed by atoms with van der Waals surface area (Å²) >= 11 is 0. The van der Waals surface area contributed by atoms with Crippen LogP contribution in [-0.2, 0) is 17.6 Å². The summed E-state index contributed by atoms with van der Waals surface area (Å²) < 4.78 is 0. The molecule has 2 heterocycles. The third-order valence-electron chi connectivity index (χ3n) is 4.24. The van der Waals surface area contributed by atoms with Gasteiger partial charge in [-0.05, 0) is 24.0 Å². The van der Waals surface area contributed by atoms with Crippen molar-refractivity contribution in [3.05, 3.63) is 47.2 Å². The molecule has 0 bridgehead atoms. The second kappa shape index (κ2) is 6.77. The molecule has 1 aliphatic heterocycles. The van der Waals surface area contributed by atoms with Crippen LogP contribution < -0.4 is 10.6 Å². The van der Waals surface area contributed by atoms with Crippen molar-refractivity contribution in [2.24, 2.45) is 0 Å². The van der Waals surface area contributed by atoms with Crippen LogP contribution in [0.4, 0.5) is 11.8 Å². The first kappa shape index (κ1) is 15.5. The summed E-state index contributed by atoms with van der Waals surface area (Å²) in [4.78, 5) is 22.3. The Hall–Kier alpha value is -2.43. The number of carbonyl (C=O) groups is 1. The normalized spacial score (nSPS) is 15.0. The van der Waals surface area contributed by atoms with Crippen molar-refractivity contribution < 1.29 is 4.79 Å². The van der Waals surface area contributed by atoms with Crippen LogP contribution in [0.2, 0.25) is 0 Å². The van der Waals surface area contributed by atoms with Gasteiger partial charge in [0.15, 0.2) is 5.78 Å². The minimum Gasteiger partial charge on any atom is -0.368 e. The Kier molecular flexibility index (Phi) is 4.55. The molecule has 0 radical (unpaired) electrons. The van der Waals surface area contributed by atoms with Gasteiger partial charge in [0, 0.05) is 31.1 Å². The molecular weight excluding hydrogens is 288 g/mol. The standard InChI is InChI=1S/C18H22N4O/c1-2-13-5-7-14(8-6-13)10-15-11-20-18(19)21-17(15)22-9-3-4-16(23)12-22/h5-8,11H,2-4,9-10,12H2,1H3,(H2,19,20,21). The van der Waals surface area contributed by atoms with E-state index < -0.39 is 0 Å². The lowest BCUT2D eigenvalue weighted by Crippen LogP contribution is -2.37. The number of aryl methyl sites for hydroxylation is 1. The van der Waals surface area contributed by atoms with E-state index in [2.05, 4.69) is 41.2 Å². The van der Waals surface area contributed by atoms with Gasteiger partial charge >= 0.3 is 0 Å². The van der Waals surface area contributed by atoms with Crippen molar-refractivity contribution in [2.45, 2.75) is 32.6 Å². The van der Waals surface area contributed by atoms with Gasteiger partial charge in [-0.2, -0.15) is 4.98 Å². The lowest BCUT2D eigenvalue weighted by molar-refractivity contribution is -0.118. The minimum absolute atomic E-state index is 0.253. The molecule has 2 aromatic rings. The van der Waals surface area contributed by atoms with E-state index in [1.807, 2.05) is 4.90 Å². The van der Waals surface area contributed by atoms with Crippen molar-refractivity contribution in [2.75, 3.05) is 23.7 Å². The Morgan fingerprint density at radius 1 is 1.22 bits per heavy atom. The fourth-order valence-electron chi connectivity index (χ4n) is 2.94. The lowest BCUT2D eigenvalue weighted by atomic mass is 10.0. The molecule has 2 N–H and O–H groups in total. The van der Waals surface area contributed by atoms with Gasteiger partial charge in [-0.1, -0.05) is 31.2 Å². The summed E-state index contributed by atoms with van der Waals surface area (Å²) in [6.07, 6.45) is 5.08. The number of nitrogens with two attached hydrogens (primary N) is 1. The number of Topliss-reactive ketones (excluding diaryl/α,β-unsaturated/α-hetero) is 1. The molecule has 120 valence electrons. The van der Waals surface area contributed by atoms with Gasteiger partial charge in [0.25, 0.3) is 0 Å². The topological polar surface area (TPSA) is 72.1 Å². The summed E-state index contributed by atoms with van der Waals surface area (Å²) in [6.45, 7) is 3.40. The number of nitrogens with zero attached hydrogens (tertiary/aromatic N) is 3. The van der Waals surface area contributed by atoms with Crippen LogP contribution >= 0.6 is 0 Å². The third-order valence-corrected chi connectivity index (χ3v) is 4.24. The first-order valence-electron chi connectivity index (χ1n) is 8.11. The van der Waals surface area contributed by atoms with Crippen LogP contribution in [0.15, 0.2) is 30.5 Å². The summed E-state index contributed by atoms with van der Waals surface area (Å²) in [7, 11) is 0. The number of anilines is 2. The van der Waals surface area contributed by atoms with Gasteiger partial charge in [-0.3, -0.25) is 4.79 Å². The molecule has 5 heteroatoms. The quantitative estimate of drug-likeness (QED) is 0.938. The summed E-state index contributed by atoms with van der Waals surface area (Å²) in [5.74, 6) is 1.31. The Morgan fingerprint density at radius 3 is 2.65 bits per heavy atom. The van der Waals surface area contributed by atoms with Crippen molar-refractivity contribution >= 4 is 17.5 Å². The third kappa shape index (κ3) is 3.67. The van der Waals surface area contributed by atoms with Gasteiger partial charge < -0.3 is 10.6 Å². The second-order valence-electron chi connectivity index (χ2n) is 5.99. The maximum Gasteiger partial charge on any atom is 0.221 e. The van der Waals surface area contributed by atoms with E-state index in [0.29, 0.717) is 13.0 Å². The molecule has 5 nitrogen and oxygen atoms in total. The number of aromatic nitrogens is 2. The molecule has 1 aliphatic rings. The van der Waals surface area contributed by atoms with Crippen LogP contribution in [0.3, 0.4) is 0 Å². The number of nitrogen functional groups attached to an aromatic ring is 1. The minimum atomic E-state index is 0.253. The fourth-order valence-corrected chi connectivity index (χ4v) is 2.94. The Balaban J connectivity index is 1.87. The molecule has 0 saturated carbocycles. The molecule has 0 spiro atoms. The Bertz CT molecular complexity index is 697. The first-order valence-corrected chi connectivity index (χ1v) is 8.11. The maximum absolute atomic E-state index is 11.8. The zero-order valence-corrected chi connectivity index (χ0v) is 13.5. The van der Waals surface area contributed by atoms with Crippen molar-refractivity contribution in [1.29, 1.82) is 0 Å². The van der Waals surface area contributed by atoms with E-state index >= 15 is 0 Å². The molecule has 1 saturated heterocycles. The molecular formula is C18H22N4O. The highest BCUT2D eigenvalue weighted by Crippen LogP contribution is 2.24. The van der Waals surface area contributed by atoms with Gasteiger partial charge in [0.2, 0.25) is 5.95 Å². The highest BCUT2D eigenvalue weighted by molar-refractivity contribution is 5.84. The van der Waals surface area contributed by atoms with Gasteiger partial charge in [-0.15, -0.1) is 0 Å². The molecule has 3 rings (SSSR count). The van der Waals surface area contributed by atoms with E-state index in [0.717, 1.165) is 37.2 Å². The van der Waals surface area contributed by atoms with Crippen molar-refractivity contribution in [3.8, 4) is 0 Å². The molecule has 0 aliphatic carbocycles. The van der Waals surface area contributed by atoms with Gasteiger partial charge in [-0.25, -0.2) is 4.98 Å². The number of rotatable bonds is 4. The van der Waals surface area contributed by atoms with Crippen LogP contribution in [-0.4, -0.2) is 28.8 Å². The largest absolute Gasteiger partial charge is 0.368 e. The summed E-state index contributed by atoms with van der Waals surface area (Å²) in [5.41, 5.74) is 9.31. The van der Waals surface area contributed by atoms with E-state index in [9.17, 15) is 4.79 Å². The molecule has 1 fully saturated rings. The molecule has 23 heavy (non-hydrogen) atoms. The number of ketones is 1. The van der Waals surface area contributed by atoms with Crippen LogP contribution in [0, 0.1) is 0 Å². The zero-order chi connectivity index (χ0) is 16.2. The molecule has 0 amide bonds. The monoisotopic (exact) mass is 310 g/mol. The molecule has 1 aromatic carbocycles. The van der Waals surface area contributed by atoms with E-state index in [4.69, 9.17) is 5.73 Å². The summed E-state index contributed by atoms with van der Waals surface area (Å²) in [5, 5.41) is 0. The molecule has 0 unspecified atom stereocenters. The maximum atomic E-state index is 11.8. The predicted octanol–water partition coefficient (Wildman–Crippen LogP) is 2.38. The molecule has 0 atom stereocenters. The predicted molar refractivity (Wildman–Crippen MR) is 91.5 cm³/mol. The smallest absolute Gasteiger partial charge is 0.221 e. The van der Waals surface area contributed by atoms with Crippen molar-refractivity contribution in [1.82, 2.24) is 9.97 Å². The van der Waals surface area contributed by atoms with Crippen LogP contribution in [0.25, 0.3) is 0 Å². The fraction of sp³-hybridized carbons (Fsp3) is 0.389. The molecule has 1 aromatic heterocycles. The number of carbonyl (C=O) groups excluding carboxylic acids is 1. The van der Waals surface area contributed by atoms with E-state index in [1.54, 1.807) is 6.20 Å². The van der Waals surface area contributed by atoms with Gasteiger partial charge in [0.1, 0.15) is 5.82 Å². The van der Waals surface area contributed by atoms with Crippen LogP contribution in [0.5, 0.6) is 0 Å². The van der Waals surface area contributed by atoms with Crippen molar-refractivity contribution in [3.63, 3.8) is 0 Å². The Labute approximate surface area is 136 Å². The highest BCUT2D eigenvalue weighted by Gasteiger charge is 2.21. The second-order valence-corrected chi connectivity index (χ2v) is 5.99. The summed E-state index contributed by atoms with van der Waals surface area (Å²) in [6, 6.07) is 8.58. The lowest BCUT2D eigenvalue weighted by Gasteiger charge is -2.28. The average molecular weight is 310 g/mol. The van der Waals surface area contributed by atoms with Crippen LogP contribution in [0.1, 0.15) is 36.5 Å². The number of piperidine rings is 1. The number of benzene rings is 1. The zero-order valence-electron chi connectivity index (χ0n) is 13.5. The average Bonchev–Trinajstić information content (AvgIpc) is 2.57. The highest BCUT2D eigenvalue weighted by atomic mass is 16.1. The number of hydrogen-bond acceptors (Lipinski definition) is 5. The van der Waals surface area contributed by atoms with E-state index in [-0.39, 0.29) is 11.7 Å². The Morgan fingerprint density at radius 2 is 1.96 bits per heavy atom. The first-order chi connectivity index (χ1) is 11.2.